The van der Waals surface area contributed by atoms with Crippen molar-refractivity contribution in [1.82, 2.24) is 4.98 Å². The van der Waals surface area contributed by atoms with Gasteiger partial charge in [-0.15, -0.1) is 0 Å². The molecule has 0 atom stereocenters. The van der Waals surface area contributed by atoms with Gasteiger partial charge in [-0.1, -0.05) is 18.2 Å². The summed E-state index contributed by atoms with van der Waals surface area (Å²) in [4.78, 5) is 14.6. The van der Waals surface area contributed by atoms with Gasteiger partial charge < -0.3 is 4.74 Å². The molecule has 0 radical (unpaired) electrons. The van der Waals surface area contributed by atoms with Crippen LogP contribution in [0.2, 0.25) is 0 Å². The Morgan fingerprint density at radius 1 is 1.33 bits per heavy atom. The van der Waals surface area contributed by atoms with Gasteiger partial charge >= 0.3 is 0 Å². The lowest BCUT2D eigenvalue weighted by molar-refractivity contribution is 0.392. The second-order valence-corrected chi connectivity index (χ2v) is 4.02. The first-order valence-electron chi connectivity index (χ1n) is 5.82. The second kappa shape index (κ2) is 5.37. The monoisotopic (exact) mass is 242 g/mol. The number of nitriles is 1. The highest BCUT2D eigenvalue weighted by molar-refractivity contribution is 5.86. The van der Waals surface area contributed by atoms with Crippen molar-refractivity contribution < 1.29 is 4.74 Å². The topological polar surface area (TPSA) is 65.9 Å². The van der Waals surface area contributed by atoms with E-state index < -0.39 is 0 Å². The molecule has 1 aromatic heterocycles. The van der Waals surface area contributed by atoms with Crippen molar-refractivity contribution >= 4 is 10.8 Å². The number of hydrogen-bond acceptors (Lipinski definition) is 3. The molecule has 18 heavy (non-hydrogen) atoms. The molecular formula is C14H14N2O2. The van der Waals surface area contributed by atoms with Crippen molar-refractivity contribution in [2.45, 2.75) is 19.3 Å². The molecule has 0 bridgehead atoms. The maximum absolute atomic E-state index is 11.9. The van der Waals surface area contributed by atoms with Crippen LogP contribution in [0.5, 0.6) is 5.88 Å². The van der Waals surface area contributed by atoms with E-state index in [0.29, 0.717) is 24.1 Å². The van der Waals surface area contributed by atoms with Gasteiger partial charge in [-0.05, 0) is 24.3 Å². The number of ether oxygens (including phenoxy) is 1. The van der Waals surface area contributed by atoms with E-state index in [1.165, 1.54) is 7.11 Å². The van der Waals surface area contributed by atoms with Gasteiger partial charge in [0.2, 0.25) is 0 Å². The second-order valence-electron chi connectivity index (χ2n) is 4.02. The average Bonchev–Trinajstić information content (AvgIpc) is 2.41. The van der Waals surface area contributed by atoms with Gasteiger partial charge in [0.05, 0.1) is 13.2 Å². The Kier molecular flexibility index (Phi) is 3.63. The first kappa shape index (κ1) is 12.2. The number of fused-ring (bicyclic) bond motifs is 1. The van der Waals surface area contributed by atoms with Gasteiger partial charge in [0.25, 0.3) is 5.56 Å². The molecule has 0 saturated heterocycles. The summed E-state index contributed by atoms with van der Waals surface area (Å²) in [5, 5.41) is 10.1. The lowest BCUT2D eigenvalue weighted by Crippen LogP contribution is -2.10. The number of nitrogens with zero attached hydrogens (tertiary/aromatic N) is 1. The van der Waals surface area contributed by atoms with Gasteiger partial charge in [-0.3, -0.25) is 9.78 Å². The summed E-state index contributed by atoms with van der Waals surface area (Å²) in [6.45, 7) is 0. The van der Waals surface area contributed by atoms with Crippen LogP contribution < -0.4 is 10.3 Å². The van der Waals surface area contributed by atoms with E-state index in [1.807, 2.05) is 18.2 Å². The number of aromatic amines is 1. The maximum Gasteiger partial charge on any atom is 0.258 e. The number of aromatic nitrogens is 1. The van der Waals surface area contributed by atoms with Crippen molar-refractivity contribution in [2.75, 3.05) is 7.11 Å². The van der Waals surface area contributed by atoms with Crippen LogP contribution in [-0.2, 0) is 6.42 Å². The Morgan fingerprint density at radius 3 is 2.72 bits per heavy atom. The molecule has 2 aromatic rings. The third-order valence-electron chi connectivity index (χ3n) is 2.92. The van der Waals surface area contributed by atoms with Crippen molar-refractivity contribution in [3.8, 4) is 11.9 Å². The van der Waals surface area contributed by atoms with Crippen LogP contribution in [0.15, 0.2) is 29.1 Å². The highest BCUT2D eigenvalue weighted by atomic mass is 16.5. The standard InChI is InChI=1S/C14H14N2O2/c1-18-14-12(8-4-5-9-15)10-6-2-3-7-11(10)13(17)16-14/h2-3,6-7H,4-5,8H2,1H3,(H,16,17). The van der Waals surface area contributed by atoms with E-state index in [2.05, 4.69) is 11.1 Å². The van der Waals surface area contributed by atoms with E-state index in [9.17, 15) is 4.79 Å². The fraction of sp³-hybridized carbons (Fsp3) is 0.286. The van der Waals surface area contributed by atoms with Crippen molar-refractivity contribution in [2.24, 2.45) is 0 Å². The molecule has 1 aromatic carbocycles. The molecule has 0 aliphatic rings. The first-order valence-corrected chi connectivity index (χ1v) is 5.82. The molecule has 0 fully saturated rings. The van der Waals surface area contributed by atoms with Gasteiger partial charge in [-0.2, -0.15) is 5.26 Å². The third kappa shape index (κ3) is 2.21. The Bertz CT molecular complexity index is 653. The number of pyridine rings is 1. The molecule has 0 aliphatic heterocycles. The number of rotatable bonds is 4. The van der Waals surface area contributed by atoms with Crippen molar-refractivity contribution in [1.29, 1.82) is 5.26 Å². The third-order valence-corrected chi connectivity index (χ3v) is 2.92. The summed E-state index contributed by atoms with van der Waals surface area (Å²) < 4.78 is 5.23. The summed E-state index contributed by atoms with van der Waals surface area (Å²) >= 11 is 0. The minimum Gasteiger partial charge on any atom is -0.482 e. The highest BCUT2D eigenvalue weighted by Gasteiger charge is 2.11. The number of unbranched alkanes of at least 4 members (excludes halogenated alkanes) is 1. The molecule has 4 heteroatoms. The first-order chi connectivity index (χ1) is 8.77. The minimum atomic E-state index is -0.147. The van der Waals surface area contributed by atoms with Crippen LogP contribution >= 0.6 is 0 Å². The smallest absolute Gasteiger partial charge is 0.258 e. The predicted molar refractivity (Wildman–Crippen MR) is 69.7 cm³/mol. The Morgan fingerprint density at radius 2 is 2.06 bits per heavy atom. The molecule has 0 spiro atoms. The van der Waals surface area contributed by atoms with Crippen LogP contribution in [0.4, 0.5) is 0 Å². The molecule has 0 saturated carbocycles. The number of hydrogen-bond donors (Lipinski definition) is 1. The number of H-pyrrole nitrogens is 1. The van der Waals surface area contributed by atoms with Gasteiger partial charge in [0, 0.05) is 17.4 Å². The SMILES string of the molecule is COc1[nH]c(=O)c2ccccc2c1CCCC#N. The van der Waals surface area contributed by atoms with E-state index in [1.54, 1.807) is 6.07 Å². The number of benzene rings is 1. The number of methoxy groups -OCH3 is 1. The quantitative estimate of drug-likeness (QED) is 0.837. The zero-order valence-electron chi connectivity index (χ0n) is 10.2. The van der Waals surface area contributed by atoms with Crippen LogP contribution in [0, 0.1) is 11.3 Å². The Labute approximate surface area is 105 Å². The van der Waals surface area contributed by atoms with Gasteiger partial charge in [0.1, 0.15) is 0 Å². The lowest BCUT2D eigenvalue weighted by atomic mass is 10.0. The summed E-state index contributed by atoms with van der Waals surface area (Å²) in [6, 6.07) is 9.56. The summed E-state index contributed by atoms with van der Waals surface area (Å²) in [5.74, 6) is 0.497. The zero-order chi connectivity index (χ0) is 13.0. The molecule has 1 heterocycles. The fourth-order valence-corrected chi connectivity index (χ4v) is 2.08. The zero-order valence-corrected chi connectivity index (χ0v) is 10.2. The fourth-order valence-electron chi connectivity index (χ4n) is 2.08. The maximum atomic E-state index is 11.9. The Balaban J connectivity index is 2.57. The van der Waals surface area contributed by atoms with Gasteiger partial charge in [0.15, 0.2) is 5.88 Å². The molecule has 1 N–H and O–H groups in total. The normalized spacial score (nSPS) is 10.2. The summed E-state index contributed by atoms with van der Waals surface area (Å²) in [5.41, 5.74) is 0.814. The molecule has 0 amide bonds. The number of aryl methyl sites for hydroxylation is 1. The van der Waals surface area contributed by atoms with Gasteiger partial charge in [-0.25, -0.2) is 0 Å². The summed E-state index contributed by atoms with van der Waals surface area (Å²) in [6.07, 6.45) is 1.97. The lowest BCUT2D eigenvalue weighted by Gasteiger charge is -2.10. The molecule has 0 unspecified atom stereocenters. The predicted octanol–water partition coefficient (Wildman–Crippen LogP) is 2.38. The van der Waals surface area contributed by atoms with E-state index in [4.69, 9.17) is 10.00 Å². The number of nitrogens with one attached hydrogen (secondary N) is 1. The van der Waals surface area contributed by atoms with Crippen LogP contribution in [-0.4, -0.2) is 12.1 Å². The minimum absolute atomic E-state index is 0.147. The van der Waals surface area contributed by atoms with E-state index in [0.717, 1.165) is 17.4 Å². The average molecular weight is 242 g/mol. The summed E-state index contributed by atoms with van der Waals surface area (Å²) in [7, 11) is 1.54. The molecular weight excluding hydrogens is 228 g/mol. The van der Waals surface area contributed by atoms with Crippen molar-refractivity contribution in [3.63, 3.8) is 0 Å². The van der Waals surface area contributed by atoms with Crippen molar-refractivity contribution in [3.05, 3.63) is 40.2 Å². The molecule has 2 rings (SSSR count). The molecule has 0 aliphatic carbocycles. The van der Waals surface area contributed by atoms with Crippen LogP contribution in [0.1, 0.15) is 18.4 Å². The van der Waals surface area contributed by atoms with E-state index >= 15 is 0 Å². The molecule has 4 nitrogen and oxygen atoms in total. The van der Waals surface area contributed by atoms with Crippen LogP contribution in [0.3, 0.4) is 0 Å². The largest absolute Gasteiger partial charge is 0.482 e. The highest BCUT2D eigenvalue weighted by Crippen LogP contribution is 2.24. The van der Waals surface area contributed by atoms with E-state index in [-0.39, 0.29) is 5.56 Å². The molecule has 92 valence electrons. The van der Waals surface area contributed by atoms with Crippen LogP contribution in [0.25, 0.3) is 10.8 Å². The Hall–Kier alpha value is -2.28.